The minimum Gasteiger partial charge on any atom is -0.301 e. The van der Waals surface area contributed by atoms with Crippen molar-refractivity contribution in [3.05, 3.63) is 23.8 Å². The highest BCUT2D eigenvalue weighted by molar-refractivity contribution is 9.10. The van der Waals surface area contributed by atoms with Crippen molar-refractivity contribution in [1.29, 1.82) is 0 Å². The molecule has 108 valence electrons. The molecule has 0 radical (unpaired) electrons. The number of aromatic nitrogens is 1. The summed E-state index contributed by atoms with van der Waals surface area (Å²) in [6.07, 6.45) is 3.49. The van der Waals surface area contributed by atoms with E-state index in [4.69, 9.17) is 0 Å². The molecule has 5 heteroatoms. The molecule has 0 atom stereocenters. The third-order valence-corrected chi connectivity index (χ3v) is 4.33. The quantitative estimate of drug-likeness (QED) is 0.787. The Bertz CT molecular complexity index is 616. The van der Waals surface area contributed by atoms with Crippen LogP contribution in [0.15, 0.2) is 18.2 Å². The van der Waals surface area contributed by atoms with Gasteiger partial charge in [-0.2, -0.15) is 0 Å². The number of thiazole rings is 1. The van der Waals surface area contributed by atoms with Gasteiger partial charge in [0.05, 0.1) is 14.5 Å². The molecule has 0 aliphatic heterocycles. The van der Waals surface area contributed by atoms with E-state index in [0.717, 1.165) is 16.6 Å². The summed E-state index contributed by atoms with van der Waals surface area (Å²) in [6, 6.07) is 6.33. The molecule has 20 heavy (non-hydrogen) atoms. The van der Waals surface area contributed by atoms with Crippen LogP contribution in [-0.2, 0) is 11.2 Å². The predicted molar refractivity (Wildman–Crippen MR) is 89.9 cm³/mol. The number of amides is 1. The van der Waals surface area contributed by atoms with Crippen molar-refractivity contribution in [2.24, 2.45) is 0 Å². The molecule has 0 bridgehead atoms. The molecule has 2 aromatic rings. The fourth-order valence-corrected chi connectivity index (χ4v) is 2.83. The lowest BCUT2D eigenvalue weighted by atomic mass is 10.1. The Morgan fingerprint density at radius 3 is 2.85 bits per heavy atom. The second kappa shape index (κ2) is 6.22. The molecular weight excluding hydrogens is 336 g/mol. The number of carbonyl (C=O) groups is 1. The van der Waals surface area contributed by atoms with Crippen LogP contribution in [0.1, 0.15) is 39.2 Å². The Morgan fingerprint density at radius 1 is 1.45 bits per heavy atom. The lowest BCUT2D eigenvalue weighted by molar-refractivity contribution is -0.117. The van der Waals surface area contributed by atoms with Gasteiger partial charge in [-0.05, 0) is 44.4 Å². The summed E-state index contributed by atoms with van der Waals surface area (Å²) >= 11 is 4.88. The summed E-state index contributed by atoms with van der Waals surface area (Å²) in [5.41, 5.74) is 2.28. The largest absolute Gasteiger partial charge is 0.301 e. The van der Waals surface area contributed by atoms with Gasteiger partial charge in [0.25, 0.3) is 0 Å². The van der Waals surface area contributed by atoms with Crippen molar-refractivity contribution < 1.29 is 4.79 Å². The number of fused-ring (bicyclic) bond motifs is 1. The number of rotatable bonds is 5. The van der Waals surface area contributed by atoms with Crippen LogP contribution in [0.2, 0.25) is 0 Å². The van der Waals surface area contributed by atoms with E-state index in [1.807, 2.05) is 19.9 Å². The standard InChI is InChI=1S/C15H19BrN2OS/c1-4-5-6-10-7-8-11-12(9-10)20-14(17-11)18-13(19)15(2,3)16/h7-9H,4-6H2,1-3H3,(H,17,18,19). The molecule has 0 aliphatic carbocycles. The lowest BCUT2D eigenvalue weighted by Crippen LogP contribution is -2.30. The molecule has 0 saturated heterocycles. The van der Waals surface area contributed by atoms with Crippen LogP contribution in [0.5, 0.6) is 0 Å². The summed E-state index contributed by atoms with van der Waals surface area (Å²) in [5, 5.41) is 3.51. The molecule has 0 unspecified atom stereocenters. The number of hydrogen-bond donors (Lipinski definition) is 1. The monoisotopic (exact) mass is 354 g/mol. The van der Waals surface area contributed by atoms with Crippen molar-refractivity contribution in [2.45, 2.75) is 44.4 Å². The number of nitrogens with one attached hydrogen (secondary N) is 1. The number of hydrogen-bond acceptors (Lipinski definition) is 3. The third kappa shape index (κ3) is 3.79. The van der Waals surface area contributed by atoms with Crippen LogP contribution in [0.25, 0.3) is 10.2 Å². The number of halogens is 1. The zero-order valence-corrected chi connectivity index (χ0v) is 14.4. The third-order valence-electron chi connectivity index (χ3n) is 3.03. The average molecular weight is 355 g/mol. The van der Waals surface area contributed by atoms with Crippen molar-refractivity contribution in [1.82, 2.24) is 4.98 Å². The molecule has 1 aromatic heterocycles. The topological polar surface area (TPSA) is 42.0 Å². The van der Waals surface area contributed by atoms with Gasteiger partial charge >= 0.3 is 0 Å². The molecule has 3 nitrogen and oxygen atoms in total. The van der Waals surface area contributed by atoms with E-state index < -0.39 is 4.32 Å². The number of unbranched alkanes of at least 4 members (excludes halogenated alkanes) is 1. The van der Waals surface area contributed by atoms with E-state index in [2.05, 4.69) is 45.3 Å². The first-order valence-corrected chi connectivity index (χ1v) is 8.41. The second-order valence-electron chi connectivity index (χ2n) is 5.35. The molecule has 1 N–H and O–H groups in total. The Balaban J connectivity index is 2.19. The summed E-state index contributed by atoms with van der Waals surface area (Å²) in [6.45, 7) is 5.83. The van der Waals surface area contributed by atoms with Gasteiger partial charge in [0.15, 0.2) is 5.13 Å². The van der Waals surface area contributed by atoms with Gasteiger partial charge in [0, 0.05) is 0 Å². The summed E-state index contributed by atoms with van der Waals surface area (Å²) < 4.78 is 0.540. The average Bonchev–Trinajstić information content (AvgIpc) is 2.76. The normalized spacial score (nSPS) is 11.8. The number of alkyl halides is 1. The summed E-state index contributed by atoms with van der Waals surface area (Å²) in [5.74, 6) is -0.0808. The van der Waals surface area contributed by atoms with Crippen LogP contribution in [0, 0.1) is 0 Å². The SMILES string of the molecule is CCCCc1ccc2nc(NC(=O)C(C)(C)Br)sc2c1. The van der Waals surface area contributed by atoms with Gasteiger partial charge in [-0.25, -0.2) is 4.98 Å². The maximum Gasteiger partial charge on any atom is 0.242 e. The Labute approximate surface area is 131 Å². The van der Waals surface area contributed by atoms with Gasteiger partial charge in [-0.15, -0.1) is 0 Å². The first-order valence-electron chi connectivity index (χ1n) is 6.80. The zero-order valence-electron chi connectivity index (χ0n) is 12.0. The van der Waals surface area contributed by atoms with Gasteiger partial charge in [0.2, 0.25) is 5.91 Å². The molecule has 1 aromatic carbocycles. The smallest absolute Gasteiger partial charge is 0.242 e. The van der Waals surface area contributed by atoms with Gasteiger partial charge in [-0.1, -0.05) is 46.7 Å². The van der Waals surface area contributed by atoms with E-state index in [0.29, 0.717) is 5.13 Å². The van der Waals surface area contributed by atoms with Crippen molar-refractivity contribution >= 4 is 48.5 Å². The number of anilines is 1. The van der Waals surface area contributed by atoms with Crippen LogP contribution < -0.4 is 5.32 Å². The van der Waals surface area contributed by atoms with Gasteiger partial charge < -0.3 is 5.32 Å². The molecule has 0 spiro atoms. The highest BCUT2D eigenvalue weighted by atomic mass is 79.9. The molecule has 0 fully saturated rings. The number of carbonyl (C=O) groups excluding carboxylic acids is 1. The lowest BCUT2D eigenvalue weighted by Gasteiger charge is -2.13. The van der Waals surface area contributed by atoms with Crippen LogP contribution >= 0.6 is 27.3 Å². The van der Waals surface area contributed by atoms with Gasteiger partial charge in [0.1, 0.15) is 0 Å². The van der Waals surface area contributed by atoms with E-state index >= 15 is 0 Å². The van der Waals surface area contributed by atoms with Crippen LogP contribution in [0.4, 0.5) is 5.13 Å². The minimum atomic E-state index is -0.586. The minimum absolute atomic E-state index is 0.0808. The molecule has 0 aliphatic rings. The van der Waals surface area contributed by atoms with Crippen molar-refractivity contribution in [2.75, 3.05) is 5.32 Å². The molecule has 1 heterocycles. The molecular formula is C15H19BrN2OS. The maximum atomic E-state index is 11.9. The summed E-state index contributed by atoms with van der Waals surface area (Å²) in [7, 11) is 0. The fourth-order valence-electron chi connectivity index (χ4n) is 1.80. The van der Waals surface area contributed by atoms with E-state index in [9.17, 15) is 4.79 Å². The molecule has 1 amide bonds. The summed E-state index contributed by atoms with van der Waals surface area (Å²) in [4.78, 5) is 16.4. The van der Waals surface area contributed by atoms with Crippen molar-refractivity contribution in [3.8, 4) is 0 Å². The Kier molecular flexibility index (Phi) is 4.81. The number of aryl methyl sites for hydroxylation is 1. The Morgan fingerprint density at radius 2 is 2.20 bits per heavy atom. The van der Waals surface area contributed by atoms with E-state index in [1.54, 1.807) is 0 Å². The van der Waals surface area contributed by atoms with Crippen LogP contribution in [-0.4, -0.2) is 15.2 Å². The molecule has 0 saturated carbocycles. The van der Waals surface area contributed by atoms with Gasteiger partial charge in [-0.3, -0.25) is 4.79 Å². The predicted octanol–water partition coefficient (Wildman–Crippen LogP) is 4.75. The maximum absolute atomic E-state index is 11.9. The molecule has 2 rings (SSSR count). The van der Waals surface area contributed by atoms with Crippen LogP contribution in [0.3, 0.4) is 0 Å². The Hall–Kier alpha value is -0.940. The second-order valence-corrected chi connectivity index (χ2v) is 8.36. The highest BCUT2D eigenvalue weighted by Gasteiger charge is 2.24. The first kappa shape index (κ1) is 15.4. The zero-order chi connectivity index (χ0) is 14.8. The van der Waals surface area contributed by atoms with Crippen molar-refractivity contribution in [3.63, 3.8) is 0 Å². The first-order chi connectivity index (χ1) is 9.40. The number of nitrogens with zero attached hydrogens (tertiary/aromatic N) is 1. The number of benzene rings is 1. The fraction of sp³-hybridized carbons (Fsp3) is 0.467. The van der Waals surface area contributed by atoms with E-state index in [1.165, 1.54) is 29.7 Å². The van der Waals surface area contributed by atoms with E-state index in [-0.39, 0.29) is 5.91 Å². The highest BCUT2D eigenvalue weighted by Crippen LogP contribution is 2.28.